The summed E-state index contributed by atoms with van der Waals surface area (Å²) in [5, 5.41) is 7.05. The molecule has 3 aliphatic heterocycles. The van der Waals surface area contributed by atoms with Crippen molar-refractivity contribution >= 4 is 22.8 Å². The molecule has 2 bridgehead atoms. The minimum atomic E-state index is -0.153. The zero-order chi connectivity index (χ0) is 22.8. The highest BCUT2D eigenvalue weighted by Crippen LogP contribution is 2.32. The first kappa shape index (κ1) is 21.7. The molecule has 33 heavy (non-hydrogen) atoms. The van der Waals surface area contributed by atoms with E-state index in [1.165, 1.54) is 0 Å². The third kappa shape index (κ3) is 4.53. The fourth-order valence-electron chi connectivity index (χ4n) is 5.08. The lowest BCUT2D eigenvalue weighted by Gasteiger charge is -2.44. The van der Waals surface area contributed by atoms with Gasteiger partial charge in [-0.3, -0.25) is 9.59 Å². The van der Waals surface area contributed by atoms with Crippen LogP contribution < -0.4 is 10.6 Å². The molecule has 4 heterocycles. The molecule has 6 heteroatoms. The van der Waals surface area contributed by atoms with E-state index in [4.69, 9.17) is 4.42 Å². The molecule has 3 fully saturated rings. The van der Waals surface area contributed by atoms with E-state index in [1.54, 1.807) is 0 Å². The van der Waals surface area contributed by atoms with Crippen LogP contribution in [-0.4, -0.2) is 48.9 Å². The average molecular weight is 446 g/mol. The van der Waals surface area contributed by atoms with Crippen molar-refractivity contribution in [3.8, 4) is 11.1 Å². The van der Waals surface area contributed by atoms with E-state index >= 15 is 0 Å². The highest BCUT2D eigenvalue weighted by molar-refractivity contribution is 6.01. The number of hydrogen-bond acceptors (Lipinski definition) is 4. The van der Waals surface area contributed by atoms with Gasteiger partial charge in [-0.2, -0.15) is 0 Å². The molecule has 6 nitrogen and oxygen atoms in total. The Kier molecular flexibility index (Phi) is 6.18. The summed E-state index contributed by atoms with van der Waals surface area (Å²) in [6.07, 6.45) is 4.30. The molecular formula is C27H31N3O3. The van der Waals surface area contributed by atoms with Crippen molar-refractivity contribution in [3.05, 3.63) is 59.9 Å². The maximum absolute atomic E-state index is 13.0. The number of carbonyl (C=O) groups excluding carboxylic acids is 2. The van der Waals surface area contributed by atoms with Crippen LogP contribution in [0.3, 0.4) is 0 Å². The molecule has 0 unspecified atom stereocenters. The number of hydrogen-bond donors (Lipinski definition) is 2. The topological polar surface area (TPSA) is 74.6 Å². The number of fused-ring (bicyclic) bond motifs is 4. The fraction of sp³-hybridized carbons (Fsp3) is 0.407. The Morgan fingerprint density at radius 1 is 1.06 bits per heavy atom. The van der Waals surface area contributed by atoms with Crippen LogP contribution in [0.15, 0.2) is 52.9 Å². The van der Waals surface area contributed by atoms with Gasteiger partial charge in [-0.05, 0) is 62.0 Å². The van der Waals surface area contributed by atoms with Crippen molar-refractivity contribution in [3.63, 3.8) is 0 Å². The van der Waals surface area contributed by atoms with Crippen molar-refractivity contribution in [2.24, 2.45) is 5.92 Å². The van der Waals surface area contributed by atoms with Gasteiger partial charge in [-0.15, -0.1) is 0 Å². The summed E-state index contributed by atoms with van der Waals surface area (Å²) >= 11 is 0. The lowest BCUT2D eigenvalue weighted by Crippen LogP contribution is -2.57. The van der Waals surface area contributed by atoms with Crippen LogP contribution in [0, 0.1) is 5.92 Å². The Bertz CT molecular complexity index is 1160. The van der Waals surface area contributed by atoms with Gasteiger partial charge in [0.15, 0.2) is 5.76 Å². The third-order valence-corrected chi connectivity index (χ3v) is 6.99. The number of unbranched alkanes of at least 4 members (excludes halogenated alkanes) is 1. The predicted octanol–water partition coefficient (Wildman–Crippen LogP) is 4.45. The van der Waals surface area contributed by atoms with Gasteiger partial charge in [-0.25, -0.2) is 0 Å². The molecule has 2 aromatic carbocycles. The summed E-state index contributed by atoms with van der Waals surface area (Å²) in [5.41, 5.74) is 3.05. The van der Waals surface area contributed by atoms with Crippen LogP contribution in [0.2, 0.25) is 0 Å². The molecule has 172 valence electrons. The molecule has 1 atom stereocenters. The summed E-state index contributed by atoms with van der Waals surface area (Å²) in [6, 6.07) is 15.4. The summed E-state index contributed by atoms with van der Waals surface area (Å²) in [6.45, 7) is 5.98. The number of benzene rings is 2. The van der Waals surface area contributed by atoms with Crippen molar-refractivity contribution in [1.82, 2.24) is 15.5 Å². The second-order valence-electron chi connectivity index (χ2n) is 9.24. The molecule has 3 aliphatic rings. The first-order chi connectivity index (χ1) is 16.1. The van der Waals surface area contributed by atoms with Gasteiger partial charge in [0, 0.05) is 35.6 Å². The Labute approximate surface area is 194 Å². The standard InChI is InChI=1S/C27H31N3O3/c1-2-3-12-28-26(31)21-8-4-6-19(15-21)22-9-5-7-20-16-24(33-25(20)22)27(32)29-23-17-30-13-10-18(23)11-14-30/h4-9,15-16,18,23H,2-3,10-14,17H2,1H3,(H,28,31)(H,29,32)/t23-/m1/s1. The van der Waals surface area contributed by atoms with Gasteiger partial charge in [0.05, 0.1) is 0 Å². The maximum atomic E-state index is 13.0. The number of furan rings is 1. The maximum Gasteiger partial charge on any atom is 0.287 e. The van der Waals surface area contributed by atoms with E-state index in [0.29, 0.717) is 29.4 Å². The van der Waals surface area contributed by atoms with Gasteiger partial charge in [0.25, 0.3) is 11.8 Å². The van der Waals surface area contributed by atoms with Crippen LogP contribution in [-0.2, 0) is 0 Å². The summed E-state index contributed by atoms with van der Waals surface area (Å²) in [5.74, 6) is 0.668. The van der Waals surface area contributed by atoms with Crippen LogP contribution in [0.4, 0.5) is 0 Å². The molecule has 3 saturated heterocycles. The first-order valence-electron chi connectivity index (χ1n) is 12.1. The Hall–Kier alpha value is -3.12. The quantitative estimate of drug-likeness (QED) is 0.527. The number of nitrogens with zero attached hydrogens (tertiary/aromatic N) is 1. The summed E-state index contributed by atoms with van der Waals surface area (Å²) < 4.78 is 6.09. The molecule has 1 aromatic heterocycles. The molecule has 0 spiro atoms. The van der Waals surface area contributed by atoms with Gasteiger partial charge >= 0.3 is 0 Å². The monoisotopic (exact) mass is 445 g/mol. The highest BCUT2D eigenvalue weighted by Gasteiger charge is 2.35. The molecule has 6 rings (SSSR count). The second kappa shape index (κ2) is 9.40. The van der Waals surface area contributed by atoms with E-state index < -0.39 is 0 Å². The van der Waals surface area contributed by atoms with Gasteiger partial charge in [0.2, 0.25) is 0 Å². The van der Waals surface area contributed by atoms with E-state index in [2.05, 4.69) is 22.5 Å². The van der Waals surface area contributed by atoms with Crippen LogP contribution in [0.1, 0.15) is 53.5 Å². The number of amides is 2. The molecule has 0 radical (unpaired) electrons. The van der Waals surface area contributed by atoms with Crippen LogP contribution in [0.25, 0.3) is 22.1 Å². The van der Waals surface area contributed by atoms with Gasteiger partial charge in [0.1, 0.15) is 5.58 Å². The fourth-order valence-corrected chi connectivity index (χ4v) is 5.08. The summed E-state index contributed by atoms with van der Waals surface area (Å²) in [4.78, 5) is 27.9. The average Bonchev–Trinajstić information content (AvgIpc) is 3.30. The summed E-state index contributed by atoms with van der Waals surface area (Å²) in [7, 11) is 0. The Morgan fingerprint density at radius 2 is 1.88 bits per heavy atom. The molecule has 2 amide bonds. The van der Waals surface area contributed by atoms with E-state index in [9.17, 15) is 9.59 Å². The number of nitrogens with one attached hydrogen (secondary N) is 2. The lowest BCUT2D eigenvalue weighted by atomic mass is 9.84. The zero-order valence-corrected chi connectivity index (χ0v) is 19.1. The minimum Gasteiger partial charge on any atom is -0.450 e. The normalized spacial score (nSPS) is 21.8. The van der Waals surface area contributed by atoms with E-state index in [1.807, 2.05) is 48.5 Å². The Morgan fingerprint density at radius 3 is 2.64 bits per heavy atom. The van der Waals surface area contributed by atoms with Gasteiger partial charge in [-0.1, -0.05) is 43.7 Å². The largest absolute Gasteiger partial charge is 0.450 e. The molecule has 3 aromatic rings. The van der Waals surface area contributed by atoms with Gasteiger partial charge < -0.3 is 20.0 Å². The second-order valence-corrected chi connectivity index (χ2v) is 9.24. The van der Waals surface area contributed by atoms with E-state index in [-0.39, 0.29) is 17.9 Å². The zero-order valence-electron chi connectivity index (χ0n) is 19.1. The highest BCUT2D eigenvalue weighted by atomic mass is 16.3. The molecule has 0 aliphatic carbocycles. The number of carbonyl (C=O) groups is 2. The van der Waals surface area contributed by atoms with Crippen LogP contribution in [0.5, 0.6) is 0 Å². The van der Waals surface area contributed by atoms with Crippen molar-refractivity contribution < 1.29 is 14.0 Å². The van der Waals surface area contributed by atoms with Crippen LogP contribution >= 0.6 is 0 Å². The molecule has 0 saturated carbocycles. The predicted molar refractivity (Wildman–Crippen MR) is 129 cm³/mol. The smallest absolute Gasteiger partial charge is 0.287 e. The number of piperidine rings is 3. The minimum absolute atomic E-state index is 0.0745. The van der Waals surface area contributed by atoms with Crippen molar-refractivity contribution in [2.45, 2.75) is 38.6 Å². The molecular weight excluding hydrogens is 414 g/mol. The lowest BCUT2D eigenvalue weighted by molar-refractivity contribution is 0.0607. The SMILES string of the molecule is CCCCNC(=O)c1cccc(-c2cccc3cc(C(=O)N[C@@H]4CN5CCC4CC5)oc23)c1. The molecule has 2 N–H and O–H groups in total. The van der Waals surface area contributed by atoms with E-state index in [0.717, 1.165) is 61.8 Å². The van der Waals surface area contributed by atoms with Crippen molar-refractivity contribution in [2.75, 3.05) is 26.2 Å². The number of para-hydroxylation sites is 1. The first-order valence-corrected chi connectivity index (χ1v) is 12.1. The Balaban J connectivity index is 1.37. The number of rotatable bonds is 7. The van der Waals surface area contributed by atoms with Crippen molar-refractivity contribution in [1.29, 1.82) is 0 Å². The third-order valence-electron chi connectivity index (χ3n) is 6.99.